The van der Waals surface area contributed by atoms with E-state index in [1.54, 1.807) is 0 Å². The van der Waals surface area contributed by atoms with Crippen LogP contribution in [0.1, 0.15) is 284 Å². The molecule has 1 unspecified atom stereocenters. The molecule has 1 atom stereocenters. The maximum Gasteiger partial charge on any atom is 0.306 e. The van der Waals surface area contributed by atoms with Gasteiger partial charge in [0.2, 0.25) is 0 Å². The molecular weight excluding hydrogens is 889 g/mol. The Morgan fingerprint density at radius 3 is 0.847 bits per heavy atom. The van der Waals surface area contributed by atoms with Gasteiger partial charge in [-0.05, 0) is 83.5 Å². The van der Waals surface area contributed by atoms with Crippen molar-refractivity contribution in [3.05, 3.63) is 97.2 Å². The number of rotatable bonds is 54. The van der Waals surface area contributed by atoms with Gasteiger partial charge in [0.05, 0.1) is 0 Å². The molecule has 0 aromatic carbocycles. The molecule has 0 fully saturated rings. The zero-order chi connectivity index (χ0) is 52.2. The molecule has 0 heterocycles. The van der Waals surface area contributed by atoms with E-state index in [1.165, 1.54) is 122 Å². The molecule has 0 aromatic rings. The Labute approximate surface area is 445 Å². The van der Waals surface area contributed by atoms with E-state index < -0.39 is 6.10 Å². The molecule has 0 N–H and O–H groups in total. The van der Waals surface area contributed by atoms with E-state index in [0.29, 0.717) is 19.3 Å². The first-order valence-corrected chi connectivity index (χ1v) is 30.2. The van der Waals surface area contributed by atoms with Gasteiger partial charge in [-0.15, -0.1) is 0 Å². The number of carbonyl (C=O) groups is 3. The minimum Gasteiger partial charge on any atom is -0.462 e. The fourth-order valence-corrected chi connectivity index (χ4v) is 8.34. The van der Waals surface area contributed by atoms with Crippen LogP contribution in [0.5, 0.6) is 0 Å². The molecule has 0 aromatic heterocycles. The van der Waals surface area contributed by atoms with Gasteiger partial charge in [0, 0.05) is 19.3 Å². The van der Waals surface area contributed by atoms with Crippen LogP contribution in [0.25, 0.3) is 0 Å². The second-order valence-corrected chi connectivity index (χ2v) is 19.9. The van der Waals surface area contributed by atoms with Crippen molar-refractivity contribution >= 4 is 17.9 Å². The molecule has 0 saturated carbocycles. The van der Waals surface area contributed by atoms with Gasteiger partial charge in [0.25, 0.3) is 0 Å². The van der Waals surface area contributed by atoms with Crippen LogP contribution in [-0.2, 0) is 28.6 Å². The molecule has 0 aliphatic rings. The van der Waals surface area contributed by atoms with Crippen LogP contribution in [0.4, 0.5) is 0 Å². The fourth-order valence-electron chi connectivity index (χ4n) is 8.34. The largest absolute Gasteiger partial charge is 0.462 e. The van der Waals surface area contributed by atoms with Crippen molar-refractivity contribution in [2.45, 2.75) is 290 Å². The van der Waals surface area contributed by atoms with Crippen molar-refractivity contribution in [2.75, 3.05) is 13.2 Å². The van der Waals surface area contributed by atoms with Crippen LogP contribution >= 0.6 is 0 Å². The molecule has 0 radical (unpaired) electrons. The summed E-state index contributed by atoms with van der Waals surface area (Å²) in [7, 11) is 0. The zero-order valence-electron chi connectivity index (χ0n) is 47.2. The molecule has 0 saturated heterocycles. The third-order valence-corrected chi connectivity index (χ3v) is 12.9. The normalized spacial score (nSPS) is 12.8. The SMILES string of the molecule is CC/C=C\C/C=C\C/C=C\C/C=C\C/C=C\C/C=C\C/C=C\C/C=C\CCCCCCC(=O)OCC(COC(=O)CCCCCCCCCCCC)OC(=O)CCCCCCCCCCCCCCCCC. The summed E-state index contributed by atoms with van der Waals surface area (Å²) in [5.74, 6) is -0.902. The van der Waals surface area contributed by atoms with Crippen molar-refractivity contribution in [1.82, 2.24) is 0 Å². The van der Waals surface area contributed by atoms with Crippen molar-refractivity contribution in [3.63, 3.8) is 0 Å². The number of ether oxygens (including phenoxy) is 3. The highest BCUT2D eigenvalue weighted by Gasteiger charge is 2.19. The van der Waals surface area contributed by atoms with Crippen molar-refractivity contribution in [3.8, 4) is 0 Å². The molecule has 0 aliphatic carbocycles. The Morgan fingerprint density at radius 1 is 0.292 bits per heavy atom. The Kier molecular flexibility index (Phi) is 56.8. The van der Waals surface area contributed by atoms with Crippen molar-refractivity contribution in [2.24, 2.45) is 0 Å². The summed E-state index contributed by atoms with van der Waals surface area (Å²) in [5, 5.41) is 0. The summed E-state index contributed by atoms with van der Waals surface area (Å²) in [6.45, 7) is 6.51. The number of carbonyl (C=O) groups excluding carboxylic acids is 3. The van der Waals surface area contributed by atoms with Gasteiger partial charge in [-0.25, -0.2) is 0 Å². The molecular formula is C66H112O6. The Morgan fingerprint density at radius 2 is 0.542 bits per heavy atom. The van der Waals surface area contributed by atoms with Crippen molar-refractivity contribution in [1.29, 1.82) is 0 Å². The van der Waals surface area contributed by atoms with Gasteiger partial charge in [-0.3, -0.25) is 14.4 Å². The van der Waals surface area contributed by atoms with Gasteiger partial charge in [0.1, 0.15) is 13.2 Å². The van der Waals surface area contributed by atoms with Gasteiger partial charge in [-0.1, -0.05) is 279 Å². The second kappa shape index (κ2) is 59.9. The number of allylic oxidation sites excluding steroid dienone is 16. The maximum atomic E-state index is 12.8. The average molecular weight is 1000 g/mol. The number of hydrogen-bond donors (Lipinski definition) is 0. The third kappa shape index (κ3) is 57.2. The topological polar surface area (TPSA) is 78.9 Å². The van der Waals surface area contributed by atoms with Gasteiger partial charge < -0.3 is 14.2 Å². The quantitative estimate of drug-likeness (QED) is 0.0261. The Bertz CT molecular complexity index is 1430. The summed E-state index contributed by atoms with van der Waals surface area (Å²) >= 11 is 0. The summed E-state index contributed by atoms with van der Waals surface area (Å²) < 4.78 is 16.8. The Hall–Kier alpha value is -3.67. The third-order valence-electron chi connectivity index (χ3n) is 12.9. The maximum absolute atomic E-state index is 12.8. The lowest BCUT2D eigenvalue weighted by Crippen LogP contribution is -2.30. The van der Waals surface area contributed by atoms with E-state index in [1.807, 2.05) is 0 Å². The molecule has 0 aliphatic heterocycles. The monoisotopic (exact) mass is 1000 g/mol. The fraction of sp³-hybridized carbons (Fsp3) is 0.712. The minimum absolute atomic E-state index is 0.0821. The smallest absolute Gasteiger partial charge is 0.306 e. The van der Waals surface area contributed by atoms with E-state index >= 15 is 0 Å². The molecule has 72 heavy (non-hydrogen) atoms. The summed E-state index contributed by atoms with van der Waals surface area (Å²) in [6.07, 6.45) is 79.8. The number of esters is 3. The molecule has 6 nitrogen and oxygen atoms in total. The lowest BCUT2D eigenvalue weighted by Gasteiger charge is -2.18. The van der Waals surface area contributed by atoms with E-state index in [4.69, 9.17) is 14.2 Å². The molecule has 412 valence electrons. The lowest BCUT2D eigenvalue weighted by molar-refractivity contribution is -0.167. The standard InChI is InChI=1S/C66H112O6/c1-4-7-10-13-16-19-22-24-26-27-28-29-30-31-32-33-34-35-36-37-38-39-41-42-44-47-50-53-56-59-65(68)71-62-63(61-70-64(67)58-55-52-49-46-21-18-15-12-9-6-3)72-66(69)60-57-54-51-48-45-43-40-25-23-20-17-14-11-8-5-2/h7,10,16,19,24,26,28-29,31-32,34-35,37-38,41-42,63H,4-6,8-9,11-15,17-18,20-23,25,27,30,33,36,39-40,43-62H2,1-3H3/b10-7-,19-16-,26-24-,29-28-,32-31-,35-34-,38-37-,42-41-. The van der Waals surface area contributed by atoms with Crippen LogP contribution in [-0.4, -0.2) is 37.2 Å². The molecule has 6 heteroatoms. The van der Waals surface area contributed by atoms with Crippen LogP contribution in [0.3, 0.4) is 0 Å². The number of hydrogen-bond acceptors (Lipinski definition) is 6. The zero-order valence-corrected chi connectivity index (χ0v) is 47.2. The minimum atomic E-state index is -0.784. The van der Waals surface area contributed by atoms with Gasteiger partial charge in [0.15, 0.2) is 6.10 Å². The van der Waals surface area contributed by atoms with Crippen LogP contribution < -0.4 is 0 Å². The van der Waals surface area contributed by atoms with E-state index in [0.717, 1.165) is 122 Å². The summed E-state index contributed by atoms with van der Waals surface area (Å²) in [6, 6.07) is 0. The van der Waals surface area contributed by atoms with Crippen LogP contribution in [0, 0.1) is 0 Å². The van der Waals surface area contributed by atoms with Gasteiger partial charge >= 0.3 is 17.9 Å². The average Bonchev–Trinajstić information content (AvgIpc) is 3.38. The first kappa shape index (κ1) is 68.3. The Balaban J connectivity index is 4.30. The highest BCUT2D eigenvalue weighted by molar-refractivity contribution is 5.71. The summed E-state index contributed by atoms with van der Waals surface area (Å²) in [5.41, 5.74) is 0. The lowest BCUT2D eigenvalue weighted by atomic mass is 10.0. The predicted octanol–water partition coefficient (Wildman–Crippen LogP) is 20.5. The van der Waals surface area contributed by atoms with E-state index in [2.05, 4.69) is 118 Å². The molecule has 0 rings (SSSR count). The summed E-state index contributed by atoms with van der Waals surface area (Å²) in [4.78, 5) is 38.1. The van der Waals surface area contributed by atoms with Gasteiger partial charge in [-0.2, -0.15) is 0 Å². The predicted molar refractivity (Wildman–Crippen MR) is 311 cm³/mol. The van der Waals surface area contributed by atoms with Crippen LogP contribution in [0.2, 0.25) is 0 Å². The van der Waals surface area contributed by atoms with E-state index in [9.17, 15) is 14.4 Å². The highest BCUT2D eigenvalue weighted by Crippen LogP contribution is 2.16. The molecule has 0 amide bonds. The highest BCUT2D eigenvalue weighted by atomic mass is 16.6. The molecule has 0 spiro atoms. The van der Waals surface area contributed by atoms with E-state index in [-0.39, 0.29) is 31.1 Å². The van der Waals surface area contributed by atoms with Crippen molar-refractivity contribution < 1.29 is 28.6 Å². The second-order valence-electron chi connectivity index (χ2n) is 19.9. The van der Waals surface area contributed by atoms with Crippen LogP contribution in [0.15, 0.2) is 97.2 Å². The molecule has 0 bridgehead atoms. The first-order valence-electron chi connectivity index (χ1n) is 30.2. The first-order chi connectivity index (χ1) is 35.5. The number of unbranched alkanes of at least 4 members (excludes halogenated alkanes) is 27.